The van der Waals surface area contributed by atoms with Crippen LogP contribution in [-0.4, -0.2) is 38.7 Å². The fourth-order valence-electron chi connectivity index (χ4n) is 2.20. The number of carbonyl (C=O) groups is 1. The number of benzene rings is 1. The van der Waals surface area contributed by atoms with E-state index in [1.165, 1.54) is 18.2 Å². The van der Waals surface area contributed by atoms with Gasteiger partial charge in [-0.2, -0.15) is 0 Å². The van der Waals surface area contributed by atoms with Crippen LogP contribution in [0.25, 0.3) is 0 Å². The first-order valence-electron chi connectivity index (χ1n) is 5.98. The maximum Gasteiger partial charge on any atom is 0.222 e. The molecule has 5 nitrogen and oxygen atoms in total. The van der Waals surface area contributed by atoms with E-state index in [1.54, 1.807) is 4.90 Å². The number of phenolic OH excluding ortho intramolecular Hbond substituents is 2. The fraction of sp³-hybridized carbons (Fsp3) is 0.462. The van der Waals surface area contributed by atoms with E-state index >= 15 is 0 Å². The number of nitrogens with zero attached hydrogens (tertiary/aromatic N) is 1. The Hall–Kier alpha value is -1.75. The van der Waals surface area contributed by atoms with E-state index in [1.807, 2.05) is 6.92 Å². The summed E-state index contributed by atoms with van der Waals surface area (Å²) in [6.45, 7) is 2.16. The summed E-state index contributed by atoms with van der Waals surface area (Å²) in [4.78, 5) is 13.2. The Morgan fingerprint density at radius 1 is 1.39 bits per heavy atom. The summed E-state index contributed by atoms with van der Waals surface area (Å²) in [5.74, 6) is -0.450. The van der Waals surface area contributed by atoms with Crippen LogP contribution in [-0.2, 0) is 4.79 Å². The molecule has 5 heteroatoms. The molecule has 1 aliphatic heterocycles. The van der Waals surface area contributed by atoms with Crippen molar-refractivity contribution in [2.24, 2.45) is 0 Å². The molecule has 0 spiro atoms. The molecule has 1 aromatic carbocycles. The first-order chi connectivity index (χ1) is 8.49. The van der Waals surface area contributed by atoms with Gasteiger partial charge in [-0.1, -0.05) is 6.07 Å². The Bertz CT molecular complexity index is 460. The van der Waals surface area contributed by atoms with Crippen LogP contribution in [0, 0.1) is 0 Å². The molecule has 98 valence electrons. The minimum absolute atomic E-state index is 0.0459. The molecular formula is C13H17NO4. The molecule has 0 unspecified atom stereocenters. The lowest BCUT2D eigenvalue weighted by molar-refractivity contribution is -0.130. The summed E-state index contributed by atoms with van der Waals surface area (Å²) in [6, 6.07) is 4.30. The van der Waals surface area contributed by atoms with E-state index in [4.69, 9.17) is 0 Å². The Morgan fingerprint density at radius 2 is 2.11 bits per heavy atom. The number of phenols is 2. The largest absolute Gasteiger partial charge is 0.504 e. The Balaban J connectivity index is 2.09. The van der Waals surface area contributed by atoms with Gasteiger partial charge in [-0.05, 0) is 31.0 Å². The highest BCUT2D eigenvalue weighted by Crippen LogP contribution is 2.29. The minimum atomic E-state index is -0.860. The Kier molecular flexibility index (Phi) is 3.43. The summed E-state index contributed by atoms with van der Waals surface area (Å²) < 4.78 is 0. The van der Waals surface area contributed by atoms with Crippen molar-refractivity contribution in [2.45, 2.75) is 31.9 Å². The second-order valence-electron chi connectivity index (χ2n) is 4.70. The van der Waals surface area contributed by atoms with Gasteiger partial charge in [-0.3, -0.25) is 4.79 Å². The van der Waals surface area contributed by atoms with Crippen LogP contribution < -0.4 is 0 Å². The van der Waals surface area contributed by atoms with Gasteiger partial charge in [0.15, 0.2) is 11.5 Å². The molecule has 0 saturated carbocycles. The molecule has 1 amide bonds. The van der Waals surface area contributed by atoms with Crippen molar-refractivity contribution < 1.29 is 20.1 Å². The zero-order valence-electron chi connectivity index (χ0n) is 10.2. The van der Waals surface area contributed by atoms with E-state index in [0.29, 0.717) is 12.0 Å². The van der Waals surface area contributed by atoms with E-state index in [-0.39, 0.29) is 30.0 Å². The van der Waals surface area contributed by atoms with Crippen molar-refractivity contribution in [1.29, 1.82) is 0 Å². The zero-order chi connectivity index (χ0) is 13.3. The number of carbonyl (C=O) groups excluding carboxylic acids is 1. The number of hydrogen-bond acceptors (Lipinski definition) is 4. The molecule has 0 bridgehead atoms. The summed E-state index contributed by atoms with van der Waals surface area (Å²) in [7, 11) is 0. The number of aliphatic hydroxyl groups is 1. The normalized spacial score (nSPS) is 21.3. The van der Waals surface area contributed by atoms with Crippen LogP contribution in [0.2, 0.25) is 0 Å². The molecule has 2 atom stereocenters. The zero-order valence-corrected chi connectivity index (χ0v) is 10.2. The topological polar surface area (TPSA) is 81.0 Å². The van der Waals surface area contributed by atoms with Crippen LogP contribution in [0.3, 0.4) is 0 Å². The minimum Gasteiger partial charge on any atom is -0.504 e. The molecular weight excluding hydrogens is 234 g/mol. The molecule has 0 radical (unpaired) electrons. The van der Waals surface area contributed by atoms with Crippen LogP contribution in [0.1, 0.15) is 31.4 Å². The molecule has 3 N–H and O–H groups in total. The average Bonchev–Trinajstić information content (AvgIpc) is 2.64. The number of rotatable bonds is 3. The van der Waals surface area contributed by atoms with Crippen molar-refractivity contribution in [2.75, 3.05) is 6.54 Å². The summed E-state index contributed by atoms with van der Waals surface area (Å²) >= 11 is 0. The maximum absolute atomic E-state index is 11.6. The molecule has 1 heterocycles. The monoisotopic (exact) mass is 251 g/mol. The molecule has 1 saturated heterocycles. The second kappa shape index (κ2) is 4.86. The van der Waals surface area contributed by atoms with Gasteiger partial charge in [0.2, 0.25) is 5.91 Å². The number of β-amino-alcohol motifs (C(OH)–C–C–N with tert-alkyl or cyclic N) is 1. The van der Waals surface area contributed by atoms with Gasteiger partial charge in [-0.15, -0.1) is 0 Å². The van der Waals surface area contributed by atoms with Gasteiger partial charge in [0.05, 0.1) is 12.6 Å². The maximum atomic E-state index is 11.6. The molecule has 0 aliphatic carbocycles. The second-order valence-corrected chi connectivity index (χ2v) is 4.70. The van der Waals surface area contributed by atoms with Gasteiger partial charge >= 0.3 is 0 Å². The molecule has 1 aromatic rings. The molecule has 2 rings (SSSR count). The third kappa shape index (κ3) is 2.41. The molecule has 1 fully saturated rings. The number of aliphatic hydroxyl groups excluding tert-OH is 1. The van der Waals surface area contributed by atoms with Crippen molar-refractivity contribution in [3.8, 4) is 11.5 Å². The van der Waals surface area contributed by atoms with Crippen molar-refractivity contribution in [1.82, 2.24) is 4.90 Å². The highest BCUT2D eigenvalue weighted by Gasteiger charge is 2.29. The molecule has 1 aliphatic rings. The van der Waals surface area contributed by atoms with Gasteiger partial charge in [0.1, 0.15) is 0 Å². The first-order valence-corrected chi connectivity index (χ1v) is 5.98. The van der Waals surface area contributed by atoms with Gasteiger partial charge in [0, 0.05) is 12.5 Å². The number of likely N-dealkylation sites (tertiary alicyclic amines) is 1. The van der Waals surface area contributed by atoms with Crippen LogP contribution >= 0.6 is 0 Å². The predicted octanol–water partition coefficient (Wildman–Crippen LogP) is 1.14. The van der Waals surface area contributed by atoms with E-state index in [2.05, 4.69) is 0 Å². The SMILES string of the molecule is C[C@H]1CCC(=O)N1C[C@H](O)c1ccc(O)c(O)c1. The summed E-state index contributed by atoms with van der Waals surface area (Å²) in [5, 5.41) is 28.6. The van der Waals surface area contributed by atoms with Gasteiger partial charge < -0.3 is 20.2 Å². The first kappa shape index (κ1) is 12.7. The number of amides is 1. The standard InChI is InChI=1S/C13H17NO4/c1-8-2-5-13(18)14(8)7-12(17)9-3-4-10(15)11(16)6-9/h3-4,6,8,12,15-17H,2,5,7H2,1H3/t8-,12-/m0/s1. The third-order valence-corrected chi connectivity index (χ3v) is 3.38. The molecule has 18 heavy (non-hydrogen) atoms. The lowest BCUT2D eigenvalue weighted by Crippen LogP contribution is -2.34. The molecule has 0 aromatic heterocycles. The summed E-state index contributed by atoms with van der Waals surface area (Å²) in [5.41, 5.74) is 0.484. The summed E-state index contributed by atoms with van der Waals surface area (Å²) in [6.07, 6.45) is 0.474. The van der Waals surface area contributed by atoms with Crippen LogP contribution in [0.5, 0.6) is 11.5 Å². The van der Waals surface area contributed by atoms with Gasteiger partial charge in [-0.25, -0.2) is 0 Å². The predicted molar refractivity (Wildman–Crippen MR) is 65.1 cm³/mol. The van der Waals surface area contributed by atoms with E-state index < -0.39 is 6.10 Å². The Morgan fingerprint density at radius 3 is 2.67 bits per heavy atom. The third-order valence-electron chi connectivity index (χ3n) is 3.38. The fourth-order valence-corrected chi connectivity index (χ4v) is 2.20. The van der Waals surface area contributed by atoms with E-state index in [9.17, 15) is 20.1 Å². The quantitative estimate of drug-likeness (QED) is 0.704. The van der Waals surface area contributed by atoms with Gasteiger partial charge in [0.25, 0.3) is 0 Å². The highest BCUT2D eigenvalue weighted by atomic mass is 16.3. The smallest absolute Gasteiger partial charge is 0.222 e. The van der Waals surface area contributed by atoms with Crippen molar-refractivity contribution >= 4 is 5.91 Å². The van der Waals surface area contributed by atoms with Crippen LogP contribution in [0.4, 0.5) is 0 Å². The van der Waals surface area contributed by atoms with Crippen LogP contribution in [0.15, 0.2) is 18.2 Å². The van der Waals surface area contributed by atoms with E-state index in [0.717, 1.165) is 6.42 Å². The number of aromatic hydroxyl groups is 2. The average molecular weight is 251 g/mol. The Labute approximate surface area is 105 Å². The highest BCUT2D eigenvalue weighted by molar-refractivity contribution is 5.78. The van der Waals surface area contributed by atoms with Crippen molar-refractivity contribution in [3.63, 3.8) is 0 Å². The lowest BCUT2D eigenvalue weighted by atomic mass is 10.1. The number of hydrogen-bond donors (Lipinski definition) is 3. The van der Waals surface area contributed by atoms with Crippen molar-refractivity contribution in [3.05, 3.63) is 23.8 Å². The lowest BCUT2D eigenvalue weighted by Gasteiger charge is -2.24.